The summed E-state index contributed by atoms with van der Waals surface area (Å²) in [5.41, 5.74) is 3.51. The second kappa shape index (κ2) is 6.06. The third kappa shape index (κ3) is 2.54. The molecule has 0 heterocycles. The minimum Gasteiger partial charge on any atom is -0.320 e. The standard InChI is InChI=1S/C19H21N/c1-20-14-6-11-19-17-9-4-2-7-15(17)12-13-16-8-3-5-10-18(16)19/h2-5,7-10,12-13,19-20H,6,11,14H2,1H3/i9D,12D,13D. The maximum atomic E-state index is 8.43. The molecule has 0 fully saturated rings. The second-order valence-corrected chi connectivity index (χ2v) is 5.13. The molecule has 1 atom stereocenters. The molecule has 2 aromatic carbocycles. The fourth-order valence-corrected chi connectivity index (χ4v) is 2.83. The van der Waals surface area contributed by atoms with Crippen LogP contribution in [0.15, 0.2) is 48.5 Å². The van der Waals surface area contributed by atoms with Crippen molar-refractivity contribution in [1.29, 1.82) is 0 Å². The highest BCUT2D eigenvalue weighted by Crippen LogP contribution is 2.37. The Hall–Kier alpha value is -1.86. The van der Waals surface area contributed by atoms with Gasteiger partial charge in [0.1, 0.15) is 0 Å². The van der Waals surface area contributed by atoms with Gasteiger partial charge in [-0.1, -0.05) is 60.6 Å². The van der Waals surface area contributed by atoms with E-state index in [9.17, 15) is 0 Å². The number of hydrogen-bond acceptors (Lipinski definition) is 1. The molecule has 0 saturated heterocycles. The molecule has 0 aromatic heterocycles. The Morgan fingerprint density at radius 1 is 1.00 bits per heavy atom. The van der Waals surface area contributed by atoms with Crippen LogP contribution in [0.5, 0.6) is 0 Å². The zero-order chi connectivity index (χ0) is 16.4. The largest absolute Gasteiger partial charge is 0.320 e. The van der Waals surface area contributed by atoms with E-state index in [-0.39, 0.29) is 18.0 Å². The molecular formula is C19H21N. The van der Waals surface area contributed by atoms with Crippen molar-refractivity contribution in [1.82, 2.24) is 5.32 Å². The minimum absolute atomic E-state index is 0.0615. The van der Waals surface area contributed by atoms with Crippen LogP contribution in [0.4, 0.5) is 0 Å². The van der Waals surface area contributed by atoms with Crippen LogP contribution in [0.25, 0.3) is 12.1 Å². The lowest BCUT2D eigenvalue weighted by molar-refractivity contribution is 0.628. The first-order valence-corrected chi connectivity index (χ1v) is 7.16. The van der Waals surface area contributed by atoms with Crippen molar-refractivity contribution in [3.05, 3.63) is 70.8 Å². The Kier molecular flexibility index (Phi) is 3.02. The first kappa shape index (κ1) is 9.95. The predicted molar refractivity (Wildman–Crippen MR) is 86.8 cm³/mol. The van der Waals surface area contributed by atoms with E-state index in [1.54, 1.807) is 6.07 Å². The van der Waals surface area contributed by atoms with E-state index in [4.69, 9.17) is 4.11 Å². The Morgan fingerprint density at radius 3 is 2.50 bits per heavy atom. The number of benzene rings is 2. The predicted octanol–water partition coefficient (Wildman–Crippen LogP) is 4.30. The summed E-state index contributed by atoms with van der Waals surface area (Å²) in [6.07, 6.45) is 1.89. The van der Waals surface area contributed by atoms with Gasteiger partial charge in [-0.05, 0) is 48.7 Å². The Balaban J connectivity index is 2.22. The molecule has 102 valence electrons. The van der Waals surface area contributed by atoms with Gasteiger partial charge < -0.3 is 5.32 Å². The second-order valence-electron chi connectivity index (χ2n) is 5.13. The Labute approximate surface area is 125 Å². The lowest BCUT2D eigenvalue weighted by Crippen LogP contribution is -2.11. The molecule has 0 amide bonds. The van der Waals surface area contributed by atoms with Crippen LogP contribution >= 0.6 is 0 Å². The molecule has 1 aliphatic rings. The van der Waals surface area contributed by atoms with Gasteiger partial charge in [-0.25, -0.2) is 0 Å². The van der Waals surface area contributed by atoms with Gasteiger partial charge in [0.25, 0.3) is 0 Å². The lowest BCUT2D eigenvalue weighted by Gasteiger charge is -2.20. The van der Waals surface area contributed by atoms with Crippen molar-refractivity contribution < 1.29 is 4.11 Å². The smallest absolute Gasteiger partial charge is 0.0629 e. The molecule has 3 rings (SSSR count). The molecule has 20 heavy (non-hydrogen) atoms. The van der Waals surface area contributed by atoms with Crippen LogP contribution in [0.1, 0.15) is 45.1 Å². The highest BCUT2D eigenvalue weighted by atomic mass is 14.8. The first-order chi connectivity index (χ1) is 11.1. The fraction of sp³-hybridized carbons (Fsp3) is 0.263. The summed E-state index contributed by atoms with van der Waals surface area (Å²) < 4.78 is 25.2. The summed E-state index contributed by atoms with van der Waals surface area (Å²) in [6, 6.07) is 14.3. The van der Waals surface area contributed by atoms with Crippen LogP contribution in [0, 0.1) is 0 Å². The van der Waals surface area contributed by atoms with E-state index >= 15 is 0 Å². The summed E-state index contributed by atoms with van der Waals surface area (Å²) >= 11 is 0. The average Bonchev–Trinajstić information content (AvgIpc) is 2.66. The third-order valence-electron chi connectivity index (χ3n) is 3.82. The summed E-state index contributed by atoms with van der Waals surface area (Å²) in [4.78, 5) is 0. The zero-order valence-electron chi connectivity index (χ0n) is 14.7. The summed E-state index contributed by atoms with van der Waals surface area (Å²) in [6.45, 7) is 0.920. The van der Waals surface area contributed by atoms with Gasteiger partial charge in [-0.2, -0.15) is 0 Å². The number of rotatable bonds is 4. The van der Waals surface area contributed by atoms with Gasteiger partial charge >= 0.3 is 0 Å². The molecule has 0 spiro atoms. The van der Waals surface area contributed by atoms with E-state index in [0.29, 0.717) is 6.04 Å². The molecular weight excluding hydrogens is 242 g/mol. The van der Waals surface area contributed by atoms with E-state index in [1.165, 1.54) is 0 Å². The van der Waals surface area contributed by atoms with Crippen LogP contribution in [0.2, 0.25) is 0 Å². The van der Waals surface area contributed by atoms with Gasteiger partial charge in [0.2, 0.25) is 0 Å². The molecule has 0 saturated carbocycles. The summed E-state index contributed by atoms with van der Waals surface area (Å²) in [5, 5.41) is 3.17. The first-order valence-electron chi connectivity index (χ1n) is 8.66. The topological polar surface area (TPSA) is 12.0 Å². The normalized spacial score (nSPS) is 19.4. The lowest BCUT2D eigenvalue weighted by atomic mass is 9.84. The van der Waals surface area contributed by atoms with Crippen molar-refractivity contribution in [2.75, 3.05) is 13.6 Å². The average molecular weight is 266 g/mol. The third-order valence-corrected chi connectivity index (χ3v) is 3.82. The maximum absolute atomic E-state index is 8.43. The zero-order valence-corrected chi connectivity index (χ0v) is 11.7. The number of fused-ring (bicyclic) bond motifs is 2. The van der Waals surface area contributed by atoms with Crippen molar-refractivity contribution in [2.45, 2.75) is 18.8 Å². The van der Waals surface area contributed by atoms with Gasteiger partial charge in [0.15, 0.2) is 0 Å². The van der Waals surface area contributed by atoms with Gasteiger partial charge in [0, 0.05) is 5.92 Å². The highest BCUT2D eigenvalue weighted by Gasteiger charge is 2.20. The van der Waals surface area contributed by atoms with E-state index < -0.39 is 0 Å². The molecule has 1 heteroatoms. The summed E-state index contributed by atoms with van der Waals surface area (Å²) in [7, 11) is 1.94. The Morgan fingerprint density at radius 2 is 1.70 bits per heavy atom. The molecule has 1 N–H and O–H groups in total. The van der Waals surface area contributed by atoms with Gasteiger partial charge in [-0.15, -0.1) is 0 Å². The molecule has 0 bridgehead atoms. The van der Waals surface area contributed by atoms with Crippen LogP contribution in [-0.4, -0.2) is 13.6 Å². The number of nitrogens with one attached hydrogen (secondary N) is 1. The maximum Gasteiger partial charge on any atom is 0.0629 e. The summed E-state index contributed by atoms with van der Waals surface area (Å²) in [5.74, 6) is 0.0615. The van der Waals surface area contributed by atoms with Gasteiger partial charge in [0.05, 0.1) is 4.11 Å². The molecule has 1 unspecified atom stereocenters. The SMILES string of the molecule is [2H]C1=C([2H])c2cccc([2H])c2C(CCCNC)c2ccccc21. The van der Waals surface area contributed by atoms with Crippen LogP contribution < -0.4 is 5.32 Å². The van der Waals surface area contributed by atoms with Crippen LogP contribution in [-0.2, 0) is 0 Å². The van der Waals surface area contributed by atoms with Crippen LogP contribution in [0.3, 0.4) is 0 Å². The van der Waals surface area contributed by atoms with E-state index in [2.05, 4.69) is 5.32 Å². The molecule has 0 aliphatic heterocycles. The van der Waals surface area contributed by atoms with Crippen molar-refractivity contribution in [2.24, 2.45) is 0 Å². The molecule has 2 aromatic rings. The van der Waals surface area contributed by atoms with Gasteiger partial charge in [-0.3, -0.25) is 0 Å². The van der Waals surface area contributed by atoms with Crippen molar-refractivity contribution >= 4 is 12.1 Å². The monoisotopic (exact) mass is 266 g/mol. The molecule has 1 aliphatic carbocycles. The number of hydrogen-bond donors (Lipinski definition) is 1. The fourth-order valence-electron chi connectivity index (χ4n) is 2.83. The molecule has 1 nitrogen and oxygen atoms in total. The molecule has 0 radical (unpaired) electrons. The Bertz CT molecular complexity index is 752. The van der Waals surface area contributed by atoms with Crippen molar-refractivity contribution in [3.8, 4) is 0 Å². The van der Waals surface area contributed by atoms with Crippen molar-refractivity contribution in [3.63, 3.8) is 0 Å². The van der Waals surface area contributed by atoms with E-state index in [0.717, 1.165) is 41.6 Å². The highest BCUT2D eigenvalue weighted by molar-refractivity contribution is 5.76. The van der Waals surface area contributed by atoms with E-state index in [1.807, 2.05) is 43.4 Å². The quantitative estimate of drug-likeness (QED) is 0.813. The minimum atomic E-state index is 0.0615.